The summed E-state index contributed by atoms with van der Waals surface area (Å²) >= 11 is 8.42. The Morgan fingerprint density at radius 1 is 0.370 bits per heavy atom. The quantitative estimate of drug-likeness (QED) is 0.0411. The minimum Gasteiger partial charge on any atom is -0.149 e. The fraction of sp³-hybridized carbons (Fsp3) is 0.591. The van der Waals surface area contributed by atoms with Crippen molar-refractivity contribution in [3.8, 4) is 0 Å². The summed E-state index contributed by atoms with van der Waals surface area (Å²) < 4.78 is 0. The maximum absolute atomic E-state index is 8.42. The van der Waals surface area contributed by atoms with Crippen LogP contribution < -0.4 is 15.6 Å². The Balaban J connectivity index is 2.18. The molecule has 0 aliphatic carbocycles. The summed E-state index contributed by atoms with van der Waals surface area (Å²) in [6.45, 7) is 13.7. The molecule has 0 aromatic heterocycles. The molecule has 46 heavy (non-hydrogen) atoms. The van der Waals surface area contributed by atoms with Crippen LogP contribution in [0, 0.1) is 13.8 Å². The highest BCUT2D eigenvalue weighted by Gasteiger charge is 2.39. The van der Waals surface area contributed by atoms with Crippen molar-refractivity contribution >= 4 is 34.0 Å². The van der Waals surface area contributed by atoms with Crippen LogP contribution in [0.5, 0.6) is 0 Å². The minimum absolute atomic E-state index is 1.16. The first-order valence-electron chi connectivity index (χ1n) is 19.4. The van der Waals surface area contributed by atoms with E-state index in [4.69, 9.17) is 11.1 Å². The van der Waals surface area contributed by atoms with Crippen molar-refractivity contribution in [2.75, 3.05) is 0 Å². The van der Waals surface area contributed by atoms with Gasteiger partial charge in [0.1, 0.15) is 0 Å². The van der Waals surface area contributed by atoms with Crippen LogP contribution in [0.4, 0.5) is 0 Å². The zero-order valence-corrected chi connectivity index (χ0v) is 32.5. The number of benzene rings is 3. The van der Waals surface area contributed by atoms with E-state index in [-0.39, 0.29) is 0 Å². The monoisotopic (exact) mass is 658 g/mol. The molecule has 3 rings (SSSR count). The second-order valence-corrected chi connectivity index (χ2v) is 19.1. The molecular weight excluding hydrogens is 592 g/mol. The number of rotatable bonds is 23. The molecule has 0 aliphatic heterocycles. The smallest absolute Gasteiger partial charge is 0.149 e. The molecule has 0 saturated carbocycles. The number of halogens is 1. The summed E-state index contributed by atoms with van der Waals surface area (Å²) in [6.07, 6.45) is 25.4. The Kier molecular flexibility index (Phi) is 17.8. The van der Waals surface area contributed by atoms with Crippen molar-refractivity contribution < 1.29 is 0 Å². The number of aryl methyl sites for hydroxylation is 6. The van der Waals surface area contributed by atoms with E-state index >= 15 is 0 Å². The fourth-order valence-electron chi connectivity index (χ4n) is 7.20. The van der Waals surface area contributed by atoms with Crippen molar-refractivity contribution in [1.29, 1.82) is 0 Å². The van der Waals surface area contributed by atoms with E-state index < -0.39 is 7.38 Å². The molecule has 3 aromatic rings. The van der Waals surface area contributed by atoms with E-state index in [1.807, 2.05) is 0 Å². The lowest BCUT2D eigenvalue weighted by Crippen LogP contribution is -2.63. The van der Waals surface area contributed by atoms with Gasteiger partial charge in [-0.1, -0.05) is 170 Å². The van der Waals surface area contributed by atoms with Crippen molar-refractivity contribution in [1.82, 2.24) is 0 Å². The van der Waals surface area contributed by atoms with Gasteiger partial charge in [-0.05, 0) is 103 Å². The van der Waals surface area contributed by atoms with Crippen LogP contribution in [0.15, 0.2) is 54.6 Å². The molecule has 0 unspecified atom stereocenters. The van der Waals surface area contributed by atoms with Crippen LogP contribution >= 0.6 is 11.1 Å². The van der Waals surface area contributed by atoms with Gasteiger partial charge in [-0.25, -0.2) is 0 Å². The molecule has 0 fully saturated rings. The summed E-state index contributed by atoms with van der Waals surface area (Å²) in [5.74, 6) is 0. The van der Waals surface area contributed by atoms with E-state index in [1.165, 1.54) is 152 Å². The van der Waals surface area contributed by atoms with Gasteiger partial charge < -0.3 is 0 Å². The Hall–Kier alpha value is -1.83. The Morgan fingerprint density at radius 2 is 0.652 bits per heavy atom. The highest BCUT2D eigenvalue weighted by molar-refractivity contribution is 7.40. The molecule has 254 valence electrons. The minimum atomic E-state index is -2.81. The maximum Gasteiger partial charge on any atom is 0.247 e. The normalized spacial score (nSPS) is 11.8. The van der Waals surface area contributed by atoms with Crippen molar-refractivity contribution in [2.24, 2.45) is 0 Å². The molecule has 0 amide bonds. The molecule has 3 aromatic carbocycles. The first kappa shape index (κ1) is 38.6. The third-order valence-electron chi connectivity index (χ3n) is 9.80. The van der Waals surface area contributed by atoms with Crippen LogP contribution in [0.25, 0.3) is 0 Å². The predicted octanol–water partition coefficient (Wildman–Crippen LogP) is 12.0. The molecule has 0 spiro atoms. The third-order valence-corrected chi connectivity index (χ3v) is 15.0. The van der Waals surface area contributed by atoms with Crippen LogP contribution in [0.3, 0.4) is 0 Å². The van der Waals surface area contributed by atoms with Gasteiger partial charge in [0.2, 0.25) is 7.38 Å². The average Bonchev–Trinajstić information content (AvgIpc) is 3.04. The molecule has 0 heterocycles. The van der Waals surface area contributed by atoms with Gasteiger partial charge in [0.25, 0.3) is 0 Å². The first-order valence-corrected chi connectivity index (χ1v) is 22.4. The van der Waals surface area contributed by atoms with E-state index in [2.05, 4.69) is 96.1 Å². The van der Waals surface area contributed by atoms with Crippen LogP contribution in [0.2, 0.25) is 0 Å². The lowest BCUT2D eigenvalue weighted by molar-refractivity contribution is 0.661. The number of unbranched alkanes of at least 4 members (excludes halogenated alkanes) is 12. The number of hydrogen-bond donors (Lipinski definition) is 0. The van der Waals surface area contributed by atoms with Gasteiger partial charge in [-0.2, -0.15) is 0 Å². The molecule has 0 saturated heterocycles. The van der Waals surface area contributed by atoms with Gasteiger partial charge in [0, 0.05) is 0 Å². The fourth-order valence-corrected chi connectivity index (χ4v) is 11.6. The zero-order valence-electron chi connectivity index (χ0n) is 30.7. The molecule has 0 aliphatic rings. The lowest BCUT2D eigenvalue weighted by Gasteiger charge is -2.29. The molecule has 0 radical (unpaired) electrons. The summed E-state index contributed by atoms with van der Waals surface area (Å²) in [6, 6.07) is 22.3. The Bertz CT molecular complexity index is 1140. The highest BCUT2D eigenvalue weighted by atomic mass is 35.6. The maximum atomic E-state index is 8.42. The predicted molar refractivity (Wildman–Crippen MR) is 211 cm³/mol. The second-order valence-electron chi connectivity index (χ2n) is 14.4. The van der Waals surface area contributed by atoms with Crippen LogP contribution in [-0.4, -0.2) is 7.38 Å². The van der Waals surface area contributed by atoms with E-state index in [0.717, 1.165) is 25.7 Å². The molecule has 0 nitrogen and oxygen atoms in total. The van der Waals surface area contributed by atoms with Gasteiger partial charge in [0.15, 0.2) is 0 Å². The Morgan fingerprint density at radius 3 is 0.935 bits per heavy atom. The molecule has 0 atom stereocenters. The van der Waals surface area contributed by atoms with Crippen LogP contribution in [-0.2, 0) is 25.7 Å². The van der Waals surface area contributed by atoms with Crippen molar-refractivity contribution in [3.05, 3.63) is 88.0 Å². The SMILES string of the molecule is CCCCCCc1cc(CCCCCC)cc([Si](Cl)(c2cc(C)cc(C)c2)c2cc(CCCCCC)cc(CCCCCC)c2)c1. The first-order chi connectivity index (χ1) is 22.3. The summed E-state index contributed by atoms with van der Waals surface area (Å²) in [5.41, 5.74) is 8.62. The summed E-state index contributed by atoms with van der Waals surface area (Å²) in [7, 11) is -2.81. The topological polar surface area (TPSA) is 0 Å². The van der Waals surface area contributed by atoms with E-state index in [9.17, 15) is 0 Å². The second kappa shape index (κ2) is 21.2. The van der Waals surface area contributed by atoms with Crippen molar-refractivity contribution in [2.45, 2.75) is 170 Å². The standard InChI is InChI=1S/C44H67ClSi/c1-7-11-15-19-23-38-30-39(24-20-16-12-8-2)33-43(32-38)46(45,42-28-36(5)27-37(6)29-42)44-34-40(25-21-17-13-9-3)31-41(35-44)26-22-18-14-10-4/h27-35H,7-26H2,1-6H3. The van der Waals surface area contributed by atoms with Crippen molar-refractivity contribution in [3.63, 3.8) is 0 Å². The molecular formula is C44H67ClSi. The third kappa shape index (κ3) is 12.3. The Labute approximate surface area is 290 Å². The summed E-state index contributed by atoms with van der Waals surface area (Å²) in [4.78, 5) is 0. The average molecular weight is 660 g/mol. The largest absolute Gasteiger partial charge is 0.247 e. The van der Waals surface area contributed by atoms with Crippen LogP contribution in [0.1, 0.15) is 164 Å². The molecule has 0 N–H and O–H groups in total. The lowest BCUT2D eigenvalue weighted by atomic mass is 10.0. The van der Waals surface area contributed by atoms with Gasteiger partial charge in [-0.3, -0.25) is 0 Å². The van der Waals surface area contributed by atoms with E-state index in [0.29, 0.717) is 0 Å². The van der Waals surface area contributed by atoms with Gasteiger partial charge in [0.05, 0.1) is 0 Å². The van der Waals surface area contributed by atoms with E-state index in [1.54, 1.807) is 0 Å². The van der Waals surface area contributed by atoms with Gasteiger partial charge >= 0.3 is 0 Å². The zero-order chi connectivity index (χ0) is 33.2. The van der Waals surface area contributed by atoms with Gasteiger partial charge in [-0.15, -0.1) is 11.1 Å². The molecule has 0 bridgehead atoms. The number of hydrogen-bond acceptors (Lipinski definition) is 0. The molecule has 2 heteroatoms. The summed E-state index contributed by atoms with van der Waals surface area (Å²) in [5, 5.41) is 4.15. The highest BCUT2D eigenvalue weighted by Crippen LogP contribution is 2.22.